The molecule has 1 aromatic rings. The second kappa shape index (κ2) is 4.33. The second-order valence-corrected chi connectivity index (χ2v) is 2.87. The number of esters is 1. The minimum absolute atomic E-state index is 0.295. The maximum atomic E-state index is 12.5. The van der Waals surface area contributed by atoms with Crippen LogP contribution in [0.3, 0.4) is 0 Å². The normalized spacial score (nSPS) is 11.2. The van der Waals surface area contributed by atoms with Gasteiger partial charge in [0, 0.05) is 11.9 Å². The lowest BCUT2D eigenvalue weighted by molar-refractivity contribution is -0.139. The van der Waals surface area contributed by atoms with E-state index < -0.39 is 24.8 Å². The molecule has 3 nitrogen and oxygen atoms in total. The van der Waals surface area contributed by atoms with Gasteiger partial charge in [-0.1, -0.05) is 11.5 Å². The molecule has 0 bridgehead atoms. The highest BCUT2D eigenvalue weighted by Crippen LogP contribution is 2.11. The van der Waals surface area contributed by atoms with E-state index in [2.05, 4.69) is 9.72 Å². The highest BCUT2D eigenvalue weighted by molar-refractivity contribution is 6.73. The van der Waals surface area contributed by atoms with Crippen molar-refractivity contribution in [1.82, 2.24) is 4.98 Å². The molecule has 0 amide bonds. The summed E-state index contributed by atoms with van der Waals surface area (Å²) < 4.78 is 41.7. The number of hydrogen-bond acceptors (Lipinski definition) is 3. The van der Waals surface area contributed by atoms with Gasteiger partial charge in [-0.2, -0.15) is 0 Å². The monoisotopic (exact) mass is 218 g/mol. The molecule has 0 unspecified atom stereocenters. The molecule has 0 spiro atoms. The molecule has 82 valence electrons. The zero-order valence-electron chi connectivity index (χ0n) is 7.91. The predicted molar refractivity (Wildman–Crippen MR) is 48.7 cm³/mol. The van der Waals surface area contributed by atoms with Crippen LogP contribution >= 0.6 is 0 Å². The Hall–Kier alpha value is -1.53. The van der Waals surface area contributed by atoms with Crippen molar-refractivity contribution in [3.8, 4) is 0 Å². The molecule has 0 N–H and O–H groups in total. The highest BCUT2D eigenvalue weighted by atomic mass is 19.4. The topological polar surface area (TPSA) is 39.2 Å². The quantitative estimate of drug-likeness (QED) is 0.557. The minimum Gasteiger partial charge on any atom is -0.469 e. The molecule has 0 aliphatic heterocycles. The number of hydrogen-bond donors (Lipinski definition) is 0. The first-order valence-electron chi connectivity index (χ1n) is 4.15. The van der Waals surface area contributed by atoms with Crippen LogP contribution in [0.15, 0.2) is 18.3 Å². The van der Waals surface area contributed by atoms with Crippen molar-refractivity contribution in [2.75, 3.05) is 7.11 Å². The Bertz CT molecular complexity index is 367. The predicted octanol–water partition coefficient (Wildman–Crippen LogP) is 0.851. The van der Waals surface area contributed by atoms with Crippen LogP contribution in [0.4, 0.5) is 12.9 Å². The summed E-state index contributed by atoms with van der Waals surface area (Å²) in [6.45, 7) is -5.14. The van der Waals surface area contributed by atoms with E-state index in [-0.39, 0.29) is 5.69 Å². The summed E-state index contributed by atoms with van der Waals surface area (Å²) in [4.78, 5) is 14.4. The molecule has 7 heteroatoms. The average molecular weight is 218 g/mol. The number of carbonyl (C=O) groups excluding carboxylic acids is 1. The van der Waals surface area contributed by atoms with Gasteiger partial charge in [-0.3, -0.25) is 9.78 Å². The summed E-state index contributed by atoms with van der Waals surface area (Å²) in [5.41, 5.74) is -1.14. The third-order valence-corrected chi connectivity index (χ3v) is 1.82. The van der Waals surface area contributed by atoms with E-state index in [9.17, 15) is 17.7 Å². The number of rotatable bonds is 3. The van der Waals surface area contributed by atoms with Crippen molar-refractivity contribution in [1.29, 1.82) is 0 Å². The number of pyridine rings is 1. The van der Waals surface area contributed by atoms with Gasteiger partial charge in [0.15, 0.2) is 0 Å². The van der Waals surface area contributed by atoms with E-state index in [0.29, 0.717) is 0 Å². The van der Waals surface area contributed by atoms with Crippen LogP contribution in [0, 0.1) is 0 Å². The van der Waals surface area contributed by atoms with Gasteiger partial charge in [-0.15, -0.1) is 0 Å². The molecule has 1 heterocycles. The maximum absolute atomic E-state index is 12.5. The fourth-order valence-corrected chi connectivity index (χ4v) is 1.11. The zero-order chi connectivity index (χ0) is 11.5. The number of halogens is 3. The first-order valence-corrected chi connectivity index (χ1v) is 4.15. The van der Waals surface area contributed by atoms with Gasteiger partial charge >= 0.3 is 12.9 Å². The smallest absolute Gasteiger partial charge is 0.469 e. The SMILES string of the molecule is COC(=O)Cc1ncccc1[B-](F)(F)F. The van der Waals surface area contributed by atoms with Gasteiger partial charge in [0.1, 0.15) is 0 Å². The van der Waals surface area contributed by atoms with Crippen LogP contribution in [0.2, 0.25) is 0 Å². The Kier molecular flexibility index (Phi) is 3.33. The van der Waals surface area contributed by atoms with Crippen LogP contribution in [-0.2, 0) is 16.0 Å². The fraction of sp³-hybridized carbons (Fsp3) is 0.250. The van der Waals surface area contributed by atoms with Crippen molar-refractivity contribution in [2.45, 2.75) is 6.42 Å². The van der Waals surface area contributed by atoms with E-state index in [1.54, 1.807) is 0 Å². The van der Waals surface area contributed by atoms with Crippen molar-refractivity contribution in [2.24, 2.45) is 0 Å². The summed E-state index contributed by atoms with van der Waals surface area (Å²) in [5.74, 6) is -0.741. The van der Waals surface area contributed by atoms with Crippen molar-refractivity contribution in [3.63, 3.8) is 0 Å². The van der Waals surface area contributed by atoms with Gasteiger partial charge in [0.25, 0.3) is 0 Å². The van der Waals surface area contributed by atoms with Gasteiger partial charge in [0.2, 0.25) is 0 Å². The van der Waals surface area contributed by atoms with Crippen LogP contribution in [0.25, 0.3) is 0 Å². The molecule has 1 rings (SSSR count). The molecule has 0 atom stereocenters. The Morgan fingerprint density at radius 1 is 1.53 bits per heavy atom. The van der Waals surface area contributed by atoms with Gasteiger partial charge in [-0.25, -0.2) is 0 Å². The van der Waals surface area contributed by atoms with E-state index in [1.165, 1.54) is 12.3 Å². The summed E-state index contributed by atoms with van der Waals surface area (Å²) in [5, 5.41) is 0. The Morgan fingerprint density at radius 2 is 2.20 bits per heavy atom. The third kappa shape index (κ3) is 2.97. The third-order valence-electron chi connectivity index (χ3n) is 1.82. The highest BCUT2D eigenvalue weighted by Gasteiger charge is 2.29. The number of methoxy groups -OCH3 is 1. The Balaban J connectivity index is 3.02. The van der Waals surface area contributed by atoms with Crippen molar-refractivity contribution < 1.29 is 22.5 Å². The van der Waals surface area contributed by atoms with Crippen LogP contribution in [0.5, 0.6) is 0 Å². The Labute approximate surface area is 84.3 Å². The fourth-order valence-electron chi connectivity index (χ4n) is 1.11. The van der Waals surface area contributed by atoms with E-state index in [4.69, 9.17) is 0 Å². The largest absolute Gasteiger partial charge is 0.511 e. The second-order valence-electron chi connectivity index (χ2n) is 2.87. The first-order chi connectivity index (χ1) is 6.95. The average Bonchev–Trinajstić information content (AvgIpc) is 2.17. The van der Waals surface area contributed by atoms with Gasteiger partial charge in [-0.05, 0) is 6.07 Å². The maximum Gasteiger partial charge on any atom is 0.511 e. The van der Waals surface area contributed by atoms with Crippen LogP contribution in [0.1, 0.15) is 5.69 Å². The molecule has 0 fully saturated rings. The molecule has 1 aromatic heterocycles. The molecular formula is C8H8BF3NO2-. The van der Waals surface area contributed by atoms with Crippen LogP contribution < -0.4 is 5.46 Å². The van der Waals surface area contributed by atoms with Gasteiger partial charge < -0.3 is 17.7 Å². The van der Waals surface area contributed by atoms with E-state index >= 15 is 0 Å². The van der Waals surface area contributed by atoms with E-state index in [0.717, 1.165) is 13.2 Å². The van der Waals surface area contributed by atoms with E-state index in [1.807, 2.05) is 0 Å². The number of nitrogens with zero attached hydrogens (tertiary/aromatic N) is 1. The van der Waals surface area contributed by atoms with Crippen molar-refractivity contribution >= 4 is 18.4 Å². The molecule has 0 aliphatic rings. The standard InChI is InChI=1S/C8H8BF3NO2/c1-15-8(14)5-7-6(9(10,11)12)3-2-4-13-7/h2-4H,5H2,1H3/q-1. The van der Waals surface area contributed by atoms with Gasteiger partial charge in [0.05, 0.1) is 13.5 Å². The number of carbonyl (C=O) groups is 1. The lowest BCUT2D eigenvalue weighted by Crippen LogP contribution is -2.38. The zero-order valence-corrected chi connectivity index (χ0v) is 7.91. The first kappa shape index (κ1) is 11.5. The molecular weight excluding hydrogens is 210 g/mol. The molecule has 0 radical (unpaired) electrons. The summed E-state index contributed by atoms with van der Waals surface area (Å²) in [6, 6.07) is 2.09. The summed E-state index contributed by atoms with van der Waals surface area (Å²) in [6.07, 6.45) is 0.748. The number of ether oxygens (including phenoxy) is 1. The summed E-state index contributed by atoms with van der Waals surface area (Å²) in [7, 11) is 1.11. The lowest BCUT2D eigenvalue weighted by Gasteiger charge is -2.17. The molecule has 0 saturated carbocycles. The number of aromatic nitrogens is 1. The summed E-state index contributed by atoms with van der Waals surface area (Å²) >= 11 is 0. The molecule has 0 aliphatic carbocycles. The van der Waals surface area contributed by atoms with Crippen LogP contribution in [-0.4, -0.2) is 25.0 Å². The molecule has 0 aromatic carbocycles. The molecule has 0 saturated heterocycles. The molecule has 15 heavy (non-hydrogen) atoms. The minimum atomic E-state index is -5.14. The van der Waals surface area contributed by atoms with Crippen molar-refractivity contribution in [3.05, 3.63) is 24.0 Å². The Morgan fingerprint density at radius 3 is 2.73 bits per heavy atom. The lowest BCUT2D eigenvalue weighted by atomic mass is 9.78.